The van der Waals surface area contributed by atoms with Gasteiger partial charge in [0.2, 0.25) is 0 Å². The van der Waals surface area contributed by atoms with Crippen molar-refractivity contribution in [1.29, 1.82) is 0 Å². The first-order valence-electron chi connectivity index (χ1n) is 31.0. The summed E-state index contributed by atoms with van der Waals surface area (Å²) >= 11 is 0. The van der Waals surface area contributed by atoms with Gasteiger partial charge in [-0.1, -0.05) is 336 Å². The van der Waals surface area contributed by atoms with Crippen molar-refractivity contribution in [3.63, 3.8) is 0 Å². The minimum Gasteiger partial charge on any atom is -0.324 e. The lowest BCUT2D eigenvalue weighted by molar-refractivity contribution is 0.218. The first kappa shape index (κ1) is 70.2. The van der Waals surface area contributed by atoms with E-state index >= 15 is 0 Å². The molecular formula is C60H125O6P2+. The van der Waals surface area contributed by atoms with Gasteiger partial charge in [-0.3, -0.25) is 4.57 Å². The summed E-state index contributed by atoms with van der Waals surface area (Å²) in [6, 6.07) is 0. The molecule has 0 saturated heterocycles. The molecule has 410 valence electrons. The second-order valence-corrected chi connectivity index (χ2v) is 24.5. The van der Waals surface area contributed by atoms with E-state index in [2.05, 4.69) is 34.6 Å². The molecule has 0 fully saturated rings. The Labute approximate surface area is 428 Å². The van der Waals surface area contributed by atoms with Gasteiger partial charge in [0.25, 0.3) is 0 Å². The topological polar surface area (TPSA) is 93.1 Å². The average Bonchev–Trinajstić information content (AvgIpc) is 3.32. The van der Waals surface area contributed by atoms with E-state index < -0.39 is 21.0 Å². The second-order valence-electron chi connectivity index (χ2n) is 21.5. The fourth-order valence-electron chi connectivity index (χ4n) is 9.95. The van der Waals surface area contributed by atoms with Gasteiger partial charge in [-0.15, -0.1) is 9.05 Å². The first-order chi connectivity index (χ1) is 33.2. The van der Waals surface area contributed by atoms with E-state index in [1.54, 1.807) is 0 Å². The largest absolute Gasteiger partial charge is 0.697 e. The van der Waals surface area contributed by atoms with Crippen molar-refractivity contribution in [2.24, 2.45) is 0 Å². The van der Waals surface area contributed by atoms with Crippen molar-refractivity contribution in [3.8, 4) is 0 Å². The molecule has 0 spiro atoms. The fourth-order valence-corrected chi connectivity index (χ4v) is 11.9. The van der Waals surface area contributed by atoms with E-state index in [1.807, 2.05) is 0 Å². The minimum atomic E-state index is -4.14. The van der Waals surface area contributed by atoms with Gasteiger partial charge >= 0.3 is 15.9 Å². The van der Waals surface area contributed by atoms with Crippen LogP contribution in [0.25, 0.3) is 0 Å². The molecule has 0 aliphatic rings. The summed E-state index contributed by atoms with van der Waals surface area (Å²) in [6.07, 6.45) is 64.9. The van der Waals surface area contributed by atoms with Crippen LogP contribution in [0, 0.1) is 0 Å². The molecular weight excluding hydrogens is 879 g/mol. The normalized spacial score (nSPS) is 11.9. The summed E-state index contributed by atoms with van der Waals surface area (Å²) in [7, 11) is -6.04. The SMILES string of the molecule is CCCCCCCCCCCCC(CCCCCCCCCCC)(CCCCCCCCCCCC)P(=O)(O)O.CCCCCCCCCCCCO[P+](=O)OCCCCCCCCCCCC. The molecule has 0 aliphatic carbocycles. The van der Waals surface area contributed by atoms with Crippen LogP contribution in [0.1, 0.15) is 369 Å². The molecule has 0 atom stereocenters. The van der Waals surface area contributed by atoms with Crippen molar-refractivity contribution in [1.82, 2.24) is 0 Å². The Bertz CT molecular complexity index is 953. The van der Waals surface area contributed by atoms with Crippen molar-refractivity contribution in [2.45, 2.75) is 374 Å². The van der Waals surface area contributed by atoms with Crippen molar-refractivity contribution >= 4 is 15.9 Å². The van der Waals surface area contributed by atoms with Crippen LogP contribution in [0.4, 0.5) is 0 Å². The molecule has 0 heterocycles. The van der Waals surface area contributed by atoms with Crippen molar-refractivity contribution in [2.75, 3.05) is 13.2 Å². The second kappa shape index (κ2) is 58.1. The average molecular weight is 1000 g/mol. The van der Waals surface area contributed by atoms with Gasteiger partial charge < -0.3 is 9.79 Å². The summed E-state index contributed by atoms with van der Waals surface area (Å²) in [5, 5.41) is -0.769. The molecule has 0 aromatic heterocycles. The maximum absolute atomic E-state index is 13.0. The molecule has 6 nitrogen and oxygen atoms in total. The van der Waals surface area contributed by atoms with Gasteiger partial charge in [0, 0.05) is 4.57 Å². The van der Waals surface area contributed by atoms with Gasteiger partial charge in [0.1, 0.15) is 13.2 Å². The van der Waals surface area contributed by atoms with E-state index in [0.717, 1.165) is 70.6 Å². The Morgan fingerprint density at radius 2 is 0.456 bits per heavy atom. The molecule has 68 heavy (non-hydrogen) atoms. The van der Waals surface area contributed by atoms with Crippen LogP contribution in [0.2, 0.25) is 0 Å². The zero-order chi connectivity index (χ0) is 50.2. The molecule has 0 aromatic rings. The van der Waals surface area contributed by atoms with E-state index in [0.29, 0.717) is 13.2 Å². The Kier molecular flexibility index (Phi) is 60.0. The van der Waals surface area contributed by atoms with Crippen LogP contribution in [0.15, 0.2) is 0 Å². The molecule has 0 rings (SSSR count). The highest BCUT2D eigenvalue weighted by Gasteiger charge is 2.44. The molecule has 0 amide bonds. The number of hydrogen-bond donors (Lipinski definition) is 2. The van der Waals surface area contributed by atoms with Crippen molar-refractivity contribution in [3.05, 3.63) is 0 Å². The minimum absolute atomic E-state index is 0.573. The van der Waals surface area contributed by atoms with Crippen LogP contribution in [-0.4, -0.2) is 28.2 Å². The first-order valence-corrected chi connectivity index (χ1v) is 33.7. The molecule has 0 aliphatic heterocycles. The highest BCUT2D eigenvalue weighted by molar-refractivity contribution is 7.53. The molecule has 0 aromatic carbocycles. The van der Waals surface area contributed by atoms with Crippen LogP contribution in [0.5, 0.6) is 0 Å². The van der Waals surface area contributed by atoms with Crippen LogP contribution in [-0.2, 0) is 18.2 Å². The van der Waals surface area contributed by atoms with Gasteiger partial charge in [-0.05, 0) is 32.1 Å². The Morgan fingerprint density at radius 1 is 0.294 bits per heavy atom. The standard InChI is InChI=1S/C36H75O3P.C24H50O3P/c1-4-7-10-13-16-19-22-25-28-31-34-36(40(37,38)39,33-30-27-24-21-18-15-12-9-6-3)35-32-29-26-23-20-17-14-11-8-5-2;1-3-5-7-9-11-13-15-17-19-21-23-26-28(25)27-24-22-20-18-16-14-12-10-8-6-4-2/h4-35H2,1-3H3,(H2,37,38,39);3-24H2,1-2H3/q;+1. The smallest absolute Gasteiger partial charge is 0.324 e. The zero-order valence-electron chi connectivity index (χ0n) is 47.1. The van der Waals surface area contributed by atoms with Crippen LogP contribution < -0.4 is 0 Å². The van der Waals surface area contributed by atoms with E-state index in [4.69, 9.17) is 9.05 Å². The van der Waals surface area contributed by atoms with Gasteiger partial charge in [-0.25, -0.2) is 0 Å². The molecule has 2 N–H and O–H groups in total. The molecule has 0 radical (unpaired) electrons. The highest BCUT2D eigenvalue weighted by Crippen LogP contribution is 2.58. The van der Waals surface area contributed by atoms with Crippen LogP contribution in [0.3, 0.4) is 0 Å². The Balaban J connectivity index is 0. The predicted octanol–water partition coefficient (Wildman–Crippen LogP) is 23.0. The third-order valence-corrected chi connectivity index (χ3v) is 17.4. The fraction of sp³-hybridized carbons (Fsp3) is 1.00. The maximum Gasteiger partial charge on any atom is 0.697 e. The summed E-state index contributed by atoms with van der Waals surface area (Å²) in [6.45, 7) is 12.5. The lowest BCUT2D eigenvalue weighted by Gasteiger charge is -2.35. The van der Waals surface area contributed by atoms with E-state index in [-0.39, 0.29) is 0 Å². The van der Waals surface area contributed by atoms with Gasteiger partial charge in [-0.2, -0.15) is 0 Å². The summed E-state index contributed by atoms with van der Waals surface area (Å²) in [5.74, 6) is 0. The van der Waals surface area contributed by atoms with E-state index in [1.165, 1.54) is 263 Å². The molecule has 0 unspecified atom stereocenters. The number of unbranched alkanes of at least 4 members (excludes halogenated alkanes) is 44. The molecule has 8 heteroatoms. The third kappa shape index (κ3) is 52.5. The maximum atomic E-state index is 13.0. The monoisotopic (exact) mass is 1000 g/mol. The summed E-state index contributed by atoms with van der Waals surface area (Å²) < 4.78 is 35.3. The van der Waals surface area contributed by atoms with Crippen molar-refractivity contribution < 1.29 is 28.0 Å². The summed E-state index contributed by atoms with van der Waals surface area (Å²) in [5.41, 5.74) is 0. The Morgan fingerprint density at radius 3 is 0.632 bits per heavy atom. The highest BCUT2D eigenvalue weighted by atomic mass is 31.2. The molecule has 0 bridgehead atoms. The quantitative estimate of drug-likeness (QED) is 0.0466. The zero-order valence-corrected chi connectivity index (χ0v) is 48.9. The molecule has 0 saturated carbocycles. The van der Waals surface area contributed by atoms with Gasteiger partial charge in [0.15, 0.2) is 0 Å². The lowest BCUT2D eigenvalue weighted by Crippen LogP contribution is -2.29. The Hall–Kier alpha value is 0.170. The lowest BCUT2D eigenvalue weighted by atomic mass is 9.88. The number of hydrogen-bond acceptors (Lipinski definition) is 4. The predicted molar refractivity (Wildman–Crippen MR) is 303 cm³/mol. The van der Waals surface area contributed by atoms with Crippen LogP contribution >= 0.6 is 15.9 Å². The number of rotatable bonds is 57. The third-order valence-electron chi connectivity index (χ3n) is 14.7. The van der Waals surface area contributed by atoms with Gasteiger partial charge in [0.05, 0.1) is 5.16 Å². The van der Waals surface area contributed by atoms with E-state index in [9.17, 15) is 18.9 Å². The summed E-state index contributed by atoms with van der Waals surface area (Å²) in [4.78, 5) is 21.3.